The average Bonchev–Trinajstić information content (AvgIpc) is 2.13. The Morgan fingerprint density at radius 2 is 2.29 bits per heavy atom. The number of anilines is 2. The van der Waals surface area contributed by atoms with Crippen molar-refractivity contribution in [1.29, 1.82) is 0 Å². The lowest BCUT2D eigenvalue weighted by Crippen LogP contribution is -2.31. The van der Waals surface area contributed by atoms with E-state index in [9.17, 15) is 10.1 Å². The van der Waals surface area contributed by atoms with Crippen molar-refractivity contribution in [3.8, 4) is 0 Å². The van der Waals surface area contributed by atoms with Crippen LogP contribution in [0.5, 0.6) is 0 Å². The number of aromatic nitrogens is 1. The first-order chi connectivity index (χ1) is 8.06. The van der Waals surface area contributed by atoms with Crippen LogP contribution in [0.3, 0.4) is 0 Å². The highest BCUT2D eigenvalue weighted by Gasteiger charge is 2.24. The smallest absolute Gasteiger partial charge is 0.276 e. The zero-order valence-corrected chi connectivity index (χ0v) is 9.72. The summed E-state index contributed by atoms with van der Waals surface area (Å²) in [6.07, 6.45) is 3.68. The van der Waals surface area contributed by atoms with Crippen LogP contribution < -0.4 is 11.1 Å². The number of pyridine rings is 1. The van der Waals surface area contributed by atoms with Crippen LogP contribution in [-0.4, -0.2) is 15.9 Å². The molecule has 17 heavy (non-hydrogen) atoms. The van der Waals surface area contributed by atoms with Crippen LogP contribution in [0.25, 0.3) is 0 Å². The summed E-state index contributed by atoms with van der Waals surface area (Å²) in [7, 11) is 0. The van der Waals surface area contributed by atoms with Crippen molar-refractivity contribution in [2.45, 2.75) is 32.2 Å². The summed E-state index contributed by atoms with van der Waals surface area (Å²) in [5.74, 6) is 1.29. The fraction of sp³-hybridized carbons (Fsp3) is 0.545. The van der Waals surface area contributed by atoms with Gasteiger partial charge in [-0.2, -0.15) is 0 Å². The molecule has 0 bridgehead atoms. The molecule has 1 aromatic heterocycles. The fourth-order valence-corrected chi connectivity index (χ4v) is 2.01. The van der Waals surface area contributed by atoms with Gasteiger partial charge in [0.05, 0.1) is 17.1 Å². The molecular formula is C11H16N4O2. The maximum absolute atomic E-state index is 10.7. The largest absolute Gasteiger partial charge is 0.383 e. The van der Waals surface area contributed by atoms with Gasteiger partial charge >= 0.3 is 0 Å². The summed E-state index contributed by atoms with van der Waals surface area (Å²) in [6, 6.07) is 2.96. The van der Waals surface area contributed by atoms with Gasteiger partial charge in [-0.3, -0.25) is 10.1 Å². The lowest BCUT2D eigenvalue weighted by atomic mass is 9.80. The molecule has 1 fully saturated rings. The van der Waals surface area contributed by atoms with Crippen LogP contribution in [0, 0.1) is 16.0 Å². The normalized spacial score (nSPS) is 17.2. The molecule has 0 spiro atoms. The first kappa shape index (κ1) is 11.6. The maximum Gasteiger partial charge on any atom is 0.276 e. The number of nitrogens with two attached hydrogens (primary N) is 1. The molecule has 0 aliphatic heterocycles. The molecule has 3 N–H and O–H groups in total. The van der Waals surface area contributed by atoms with Crippen LogP contribution in [0.1, 0.15) is 26.2 Å². The minimum atomic E-state index is -0.461. The topological polar surface area (TPSA) is 94.1 Å². The van der Waals surface area contributed by atoms with Crippen molar-refractivity contribution < 1.29 is 4.92 Å². The van der Waals surface area contributed by atoms with Gasteiger partial charge in [-0.15, -0.1) is 0 Å². The molecule has 1 aromatic rings. The van der Waals surface area contributed by atoms with E-state index in [1.165, 1.54) is 31.4 Å². The summed E-state index contributed by atoms with van der Waals surface area (Å²) in [5, 5.41) is 13.9. The summed E-state index contributed by atoms with van der Waals surface area (Å²) >= 11 is 0. The lowest BCUT2D eigenvalue weighted by Gasteiger charge is -2.32. The Morgan fingerprint density at radius 3 is 2.82 bits per heavy atom. The predicted molar refractivity (Wildman–Crippen MR) is 65.7 cm³/mol. The third kappa shape index (κ3) is 2.64. The maximum atomic E-state index is 10.7. The quantitative estimate of drug-likeness (QED) is 0.617. The standard InChI is InChI=1S/C11H16N4O2/c1-7(8-3-2-4-8)13-11-6-9(15(16)17)5-10(12)14-11/h5-8H,2-4H2,1H3,(H3,12,13,14). The number of nitrogen functional groups attached to an aromatic ring is 1. The van der Waals surface area contributed by atoms with Crippen LogP contribution in [0.4, 0.5) is 17.3 Å². The van der Waals surface area contributed by atoms with Gasteiger partial charge in [-0.05, 0) is 25.7 Å². The highest BCUT2D eigenvalue weighted by atomic mass is 16.6. The van der Waals surface area contributed by atoms with E-state index < -0.39 is 4.92 Å². The molecule has 1 atom stereocenters. The lowest BCUT2D eigenvalue weighted by molar-refractivity contribution is -0.384. The molecule has 1 aliphatic rings. The fourth-order valence-electron chi connectivity index (χ4n) is 2.01. The predicted octanol–water partition coefficient (Wildman–Crippen LogP) is 2.17. The van der Waals surface area contributed by atoms with Crippen molar-refractivity contribution >= 4 is 17.3 Å². The minimum Gasteiger partial charge on any atom is -0.383 e. The van der Waals surface area contributed by atoms with Crippen LogP contribution in [-0.2, 0) is 0 Å². The molecule has 0 saturated heterocycles. The Kier molecular flexibility index (Phi) is 3.12. The van der Waals surface area contributed by atoms with Gasteiger partial charge in [0.25, 0.3) is 5.69 Å². The summed E-state index contributed by atoms with van der Waals surface area (Å²) in [6.45, 7) is 2.07. The third-order valence-electron chi connectivity index (χ3n) is 3.27. The summed E-state index contributed by atoms with van der Waals surface area (Å²) in [5.41, 5.74) is 5.51. The van der Waals surface area contributed by atoms with E-state index in [1.807, 2.05) is 0 Å². The Labute approximate surface area is 99.4 Å². The number of nitrogens with zero attached hydrogens (tertiary/aromatic N) is 2. The van der Waals surface area contributed by atoms with E-state index >= 15 is 0 Å². The van der Waals surface area contributed by atoms with Gasteiger partial charge < -0.3 is 11.1 Å². The Bertz CT molecular complexity index is 431. The zero-order chi connectivity index (χ0) is 12.4. The third-order valence-corrected chi connectivity index (χ3v) is 3.27. The van der Waals surface area contributed by atoms with Crippen molar-refractivity contribution in [1.82, 2.24) is 4.98 Å². The van der Waals surface area contributed by atoms with E-state index in [-0.39, 0.29) is 17.5 Å². The number of hydrogen-bond donors (Lipinski definition) is 2. The molecule has 6 heteroatoms. The molecule has 1 saturated carbocycles. The number of nitro groups is 1. The second-order valence-corrected chi connectivity index (χ2v) is 4.52. The van der Waals surface area contributed by atoms with Crippen molar-refractivity contribution in [3.63, 3.8) is 0 Å². The first-order valence-electron chi connectivity index (χ1n) is 5.75. The van der Waals surface area contributed by atoms with Gasteiger partial charge in [0.15, 0.2) is 0 Å². The SMILES string of the molecule is CC(Nc1cc([N+](=O)[O-])cc(N)n1)C1CCC1. The van der Waals surface area contributed by atoms with Gasteiger partial charge in [-0.1, -0.05) is 6.42 Å². The second kappa shape index (κ2) is 4.57. The van der Waals surface area contributed by atoms with Crippen molar-refractivity contribution in [3.05, 3.63) is 22.2 Å². The van der Waals surface area contributed by atoms with Crippen LogP contribution in [0.2, 0.25) is 0 Å². The van der Waals surface area contributed by atoms with E-state index in [2.05, 4.69) is 17.2 Å². The molecular weight excluding hydrogens is 220 g/mol. The van der Waals surface area contributed by atoms with Gasteiger partial charge in [0.2, 0.25) is 0 Å². The molecule has 0 radical (unpaired) electrons. The molecule has 1 aliphatic carbocycles. The van der Waals surface area contributed by atoms with E-state index in [1.54, 1.807) is 0 Å². The van der Waals surface area contributed by atoms with Gasteiger partial charge in [-0.25, -0.2) is 4.98 Å². The average molecular weight is 236 g/mol. The monoisotopic (exact) mass is 236 g/mol. The van der Waals surface area contributed by atoms with E-state index in [0.29, 0.717) is 11.7 Å². The Balaban J connectivity index is 2.11. The number of hydrogen-bond acceptors (Lipinski definition) is 5. The summed E-state index contributed by atoms with van der Waals surface area (Å²) < 4.78 is 0. The Hall–Kier alpha value is -1.85. The summed E-state index contributed by atoms with van der Waals surface area (Å²) in [4.78, 5) is 14.3. The van der Waals surface area contributed by atoms with Gasteiger partial charge in [0, 0.05) is 6.04 Å². The number of rotatable bonds is 4. The van der Waals surface area contributed by atoms with Crippen LogP contribution in [0.15, 0.2) is 12.1 Å². The molecule has 0 amide bonds. The molecule has 0 aromatic carbocycles. The van der Waals surface area contributed by atoms with Crippen molar-refractivity contribution in [2.75, 3.05) is 11.1 Å². The highest BCUT2D eigenvalue weighted by molar-refractivity contribution is 5.53. The first-order valence-corrected chi connectivity index (χ1v) is 5.75. The molecule has 6 nitrogen and oxygen atoms in total. The highest BCUT2D eigenvalue weighted by Crippen LogP contribution is 2.31. The van der Waals surface area contributed by atoms with E-state index in [4.69, 9.17) is 5.73 Å². The molecule has 1 unspecified atom stereocenters. The molecule has 1 heterocycles. The van der Waals surface area contributed by atoms with Crippen LogP contribution >= 0.6 is 0 Å². The van der Waals surface area contributed by atoms with Gasteiger partial charge in [0.1, 0.15) is 11.6 Å². The Morgan fingerprint density at radius 1 is 1.59 bits per heavy atom. The van der Waals surface area contributed by atoms with Crippen molar-refractivity contribution in [2.24, 2.45) is 5.92 Å². The zero-order valence-electron chi connectivity index (χ0n) is 9.72. The molecule has 92 valence electrons. The van der Waals surface area contributed by atoms with E-state index in [0.717, 1.165) is 0 Å². The minimum absolute atomic E-state index is 0.0270. The molecule has 2 rings (SSSR count). The number of nitrogens with one attached hydrogen (secondary N) is 1. The second-order valence-electron chi connectivity index (χ2n) is 4.52.